The first-order valence-electron chi connectivity index (χ1n) is 10.1. The third-order valence-corrected chi connectivity index (χ3v) is 7.45. The molecule has 3 aromatic rings. The van der Waals surface area contributed by atoms with Gasteiger partial charge in [0.2, 0.25) is 0 Å². The molecule has 2 aromatic heterocycles. The highest BCUT2D eigenvalue weighted by Gasteiger charge is 2.56. The molecule has 0 spiro atoms. The van der Waals surface area contributed by atoms with Gasteiger partial charge in [-0.1, -0.05) is 22.0 Å². The van der Waals surface area contributed by atoms with E-state index in [4.69, 9.17) is 4.74 Å². The second-order valence-electron chi connectivity index (χ2n) is 8.58. The van der Waals surface area contributed by atoms with Crippen molar-refractivity contribution >= 4 is 32.5 Å². The van der Waals surface area contributed by atoms with E-state index < -0.39 is 5.60 Å². The second kappa shape index (κ2) is 6.22. The van der Waals surface area contributed by atoms with E-state index in [1.807, 2.05) is 42.5 Å². The molecule has 1 fully saturated rings. The zero-order chi connectivity index (χ0) is 20.6. The zero-order valence-corrected chi connectivity index (χ0v) is 17.9. The van der Waals surface area contributed by atoms with Crippen molar-refractivity contribution in [3.05, 3.63) is 80.8 Å². The van der Waals surface area contributed by atoms with Crippen LogP contribution in [0.15, 0.2) is 64.0 Å². The van der Waals surface area contributed by atoms with Gasteiger partial charge in [0.15, 0.2) is 5.78 Å². The lowest BCUT2D eigenvalue weighted by molar-refractivity contribution is -0.120. The topological polar surface area (TPSA) is 61.2 Å². The maximum Gasteiger partial charge on any atom is 0.264 e. The van der Waals surface area contributed by atoms with Gasteiger partial charge in [0.25, 0.3) is 5.56 Å². The molecule has 2 aliphatic carbocycles. The van der Waals surface area contributed by atoms with Crippen molar-refractivity contribution in [2.24, 2.45) is 11.8 Å². The number of carbonyl (C=O) groups is 1. The standard InChI is InChI=1S/C24H19BrN2O3/c1-24-8-7-18(28)21-20-16-11-14(25)5-6-15(16)23(29)27(19-4-2-3-9-26-19)17(20)10-13(12-30-24)22(21)24/h2-9,11,13,21-22H,10,12H2,1H3/t13-,21-,22+,24-/m1/s1. The highest BCUT2D eigenvalue weighted by Crippen LogP contribution is 2.54. The van der Waals surface area contributed by atoms with Crippen LogP contribution in [0.3, 0.4) is 0 Å². The number of ketones is 1. The fourth-order valence-corrected chi connectivity index (χ4v) is 6.08. The molecule has 6 heteroatoms. The number of nitrogens with zero attached hydrogens (tertiary/aromatic N) is 2. The van der Waals surface area contributed by atoms with Gasteiger partial charge in [0, 0.05) is 27.7 Å². The van der Waals surface area contributed by atoms with Crippen molar-refractivity contribution in [2.45, 2.75) is 24.9 Å². The molecule has 1 aliphatic heterocycles. The molecule has 1 aromatic carbocycles. The highest BCUT2D eigenvalue weighted by molar-refractivity contribution is 9.10. The van der Waals surface area contributed by atoms with E-state index in [1.54, 1.807) is 16.8 Å². The maximum atomic E-state index is 13.6. The van der Waals surface area contributed by atoms with Crippen molar-refractivity contribution < 1.29 is 9.53 Å². The average Bonchev–Trinajstić information content (AvgIpc) is 3.08. The van der Waals surface area contributed by atoms with E-state index in [0.29, 0.717) is 24.2 Å². The molecule has 0 amide bonds. The molecular weight excluding hydrogens is 444 g/mol. The lowest BCUT2D eigenvalue weighted by Crippen LogP contribution is -2.46. The van der Waals surface area contributed by atoms with Crippen molar-refractivity contribution in [3.63, 3.8) is 0 Å². The summed E-state index contributed by atoms with van der Waals surface area (Å²) in [5.74, 6) is 0.590. The average molecular weight is 463 g/mol. The van der Waals surface area contributed by atoms with Crippen molar-refractivity contribution in [2.75, 3.05) is 6.61 Å². The normalized spacial score (nSPS) is 29.1. The number of hydrogen-bond acceptors (Lipinski definition) is 4. The van der Waals surface area contributed by atoms with Gasteiger partial charge in [-0.15, -0.1) is 0 Å². The lowest BCUT2D eigenvalue weighted by atomic mass is 9.61. The van der Waals surface area contributed by atoms with Crippen molar-refractivity contribution in [3.8, 4) is 5.82 Å². The Morgan fingerprint density at radius 2 is 2.07 bits per heavy atom. The Morgan fingerprint density at radius 3 is 2.87 bits per heavy atom. The highest BCUT2D eigenvalue weighted by atomic mass is 79.9. The summed E-state index contributed by atoms with van der Waals surface area (Å²) in [6.45, 7) is 2.66. The van der Waals surface area contributed by atoms with E-state index in [9.17, 15) is 9.59 Å². The van der Waals surface area contributed by atoms with Crippen LogP contribution in [0.5, 0.6) is 0 Å². The van der Waals surface area contributed by atoms with Gasteiger partial charge in [-0.2, -0.15) is 0 Å². The van der Waals surface area contributed by atoms with Crippen LogP contribution in [-0.4, -0.2) is 27.5 Å². The number of halogens is 1. The quantitative estimate of drug-likeness (QED) is 0.549. The molecule has 0 N–H and O–H groups in total. The molecular formula is C24H19BrN2O3. The largest absolute Gasteiger partial charge is 0.371 e. The van der Waals surface area contributed by atoms with E-state index in [2.05, 4.69) is 27.8 Å². The Bertz CT molecular complexity index is 1310. The third kappa shape index (κ3) is 2.35. The monoisotopic (exact) mass is 462 g/mol. The minimum Gasteiger partial charge on any atom is -0.371 e. The zero-order valence-electron chi connectivity index (χ0n) is 16.3. The smallest absolute Gasteiger partial charge is 0.264 e. The number of aromatic nitrogens is 2. The number of benzene rings is 1. The Morgan fingerprint density at radius 1 is 1.20 bits per heavy atom. The predicted molar refractivity (Wildman–Crippen MR) is 117 cm³/mol. The molecule has 150 valence electrons. The number of ether oxygens (including phenoxy) is 1. The molecule has 0 bridgehead atoms. The van der Waals surface area contributed by atoms with Crippen LogP contribution < -0.4 is 5.56 Å². The fraction of sp³-hybridized carbons (Fsp3) is 0.292. The molecule has 6 rings (SSSR count). The van der Waals surface area contributed by atoms with Crippen LogP contribution >= 0.6 is 15.9 Å². The summed E-state index contributed by atoms with van der Waals surface area (Å²) in [4.78, 5) is 31.3. The summed E-state index contributed by atoms with van der Waals surface area (Å²) in [5.41, 5.74) is 1.27. The number of fused-ring (bicyclic) bond motifs is 4. The third-order valence-electron chi connectivity index (χ3n) is 6.95. The summed E-state index contributed by atoms with van der Waals surface area (Å²) < 4.78 is 8.80. The maximum absolute atomic E-state index is 13.6. The van der Waals surface area contributed by atoms with Gasteiger partial charge < -0.3 is 4.74 Å². The molecule has 0 unspecified atom stereocenters. The van der Waals surface area contributed by atoms with E-state index >= 15 is 0 Å². The second-order valence-corrected chi connectivity index (χ2v) is 9.49. The molecule has 3 heterocycles. The number of carbonyl (C=O) groups excluding carboxylic acids is 1. The molecule has 0 saturated carbocycles. The van der Waals surface area contributed by atoms with Gasteiger partial charge in [0.05, 0.1) is 18.1 Å². The Labute approximate surface area is 181 Å². The minimum atomic E-state index is -0.453. The van der Waals surface area contributed by atoms with Gasteiger partial charge in [-0.25, -0.2) is 4.98 Å². The minimum absolute atomic E-state index is 0.0689. The molecule has 3 aliphatic rings. The summed E-state index contributed by atoms with van der Waals surface area (Å²) >= 11 is 3.55. The van der Waals surface area contributed by atoms with Crippen LogP contribution in [-0.2, 0) is 16.0 Å². The van der Waals surface area contributed by atoms with E-state index in [0.717, 1.165) is 21.1 Å². The Kier molecular flexibility index (Phi) is 3.78. The first-order valence-corrected chi connectivity index (χ1v) is 10.9. The summed E-state index contributed by atoms with van der Waals surface area (Å²) in [6, 6.07) is 11.2. The van der Waals surface area contributed by atoms with Crippen LogP contribution in [0.2, 0.25) is 0 Å². The van der Waals surface area contributed by atoms with Crippen molar-refractivity contribution in [1.29, 1.82) is 0 Å². The summed E-state index contributed by atoms with van der Waals surface area (Å²) in [7, 11) is 0. The molecule has 4 atom stereocenters. The SMILES string of the molecule is C[C@]12C=CC(=O)[C@@H]3c4c(n(-c5ccccn5)c(=O)c5ccc(Br)cc45)C[C@H](CO1)[C@@H]32. The molecule has 1 saturated heterocycles. The number of pyridine rings is 2. The fourth-order valence-electron chi connectivity index (χ4n) is 5.72. The Hall–Kier alpha value is -2.57. The Balaban J connectivity index is 1.77. The van der Waals surface area contributed by atoms with Crippen molar-refractivity contribution in [1.82, 2.24) is 9.55 Å². The van der Waals surface area contributed by atoms with Crippen LogP contribution in [0, 0.1) is 11.8 Å². The number of allylic oxidation sites excluding steroid dienone is 1. The number of rotatable bonds is 1. The van der Waals surface area contributed by atoms with E-state index in [-0.39, 0.29) is 29.1 Å². The van der Waals surface area contributed by atoms with Crippen LogP contribution in [0.1, 0.15) is 24.1 Å². The van der Waals surface area contributed by atoms with E-state index in [1.165, 1.54) is 0 Å². The van der Waals surface area contributed by atoms with Gasteiger partial charge in [-0.05, 0) is 72.7 Å². The first-order chi connectivity index (χ1) is 14.5. The van der Waals surface area contributed by atoms with Gasteiger partial charge in [0.1, 0.15) is 5.82 Å². The first kappa shape index (κ1) is 18.2. The molecule has 5 nitrogen and oxygen atoms in total. The van der Waals surface area contributed by atoms with Gasteiger partial charge >= 0.3 is 0 Å². The van der Waals surface area contributed by atoms with Crippen LogP contribution in [0.4, 0.5) is 0 Å². The van der Waals surface area contributed by atoms with Crippen LogP contribution in [0.25, 0.3) is 16.6 Å². The summed E-state index contributed by atoms with van der Waals surface area (Å²) in [5, 5.41) is 1.45. The summed E-state index contributed by atoms with van der Waals surface area (Å²) in [6.07, 6.45) is 5.96. The molecule has 30 heavy (non-hydrogen) atoms. The predicted octanol–water partition coefficient (Wildman–Crippen LogP) is 3.95. The number of hydrogen-bond donors (Lipinski definition) is 0. The van der Waals surface area contributed by atoms with Gasteiger partial charge in [-0.3, -0.25) is 14.2 Å². The lowest BCUT2D eigenvalue weighted by Gasteiger charge is -2.43. The molecule has 0 radical (unpaired) electrons.